The molecule has 0 aromatic carbocycles. The maximum atomic E-state index is 12.0. The van der Waals surface area contributed by atoms with E-state index in [1.165, 1.54) is 0 Å². The highest BCUT2D eigenvalue weighted by Gasteiger charge is 2.51. The minimum absolute atomic E-state index is 0.115. The van der Waals surface area contributed by atoms with Crippen LogP contribution in [0.5, 0.6) is 0 Å². The number of hydrogen-bond acceptors (Lipinski definition) is 3. The first-order valence-corrected chi connectivity index (χ1v) is 6.81. The molecular weight excluding hydrogens is 234 g/mol. The molecule has 3 aliphatic rings. The van der Waals surface area contributed by atoms with Crippen LogP contribution in [0.2, 0.25) is 0 Å². The summed E-state index contributed by atoms with van der Waals surface area (Å²) in [5.41, 5.74) is 0. The van der Waals surface area contributed by atoms with Crippen molar-refractivity contribution in [3.05, 3.63) is 0 Å². The van der Waals surface area contributed by atoms with Gasteiger partial charge in [0.1, 0.15) is 6.10 Å². The Balaban J connectivity index is 1.67. The average molecular weight is 253 g/mol. The number of carbonyl (C=O) groups excluding carboxylic acids is 1. The first-order chi connectivity index (χ1) is 8.66. The summed E-state index contributed by atoms with van der Waals surface area (Å²) in [6.07, 6.45) is 4.30. The van der Waals surface area contributed by atoms with E-state index in [0.29, 0.717) is 12.5 Å². The zero-order valence-corrected chi connectivity index (χ0v) is 10.3. The Hall–Kier alpha value is -1.10. The molecule has 1 saturated heterocycles. The molecule has 100 valence electrons. The monoisotopic (exact) mass is 253 g/mol. The lowest BCUT2D eigenvalue weighted by Gasteiger charge is -2.29. The molecule has 1 aliphatic heterocycles. The second-order valence-corrected chi connectivity index (χ2v) is 5.73. The Morgan fingerprint density at radius 1 is 1.17 bits per heavy atom. The number of ether oxygens (including phenoxy) is 1. The number of carbonyl (C=O) groups is 2. The summed E-state index contributed by atoms with van der Waals surface area (Å²) in [4.78, 5) is 23.3. The van der Waals surface area contributed by atoms with Gasteiger partial charge in [0, 0.05) is 12.6 Å². The standard InChI is InChI=1S/C13H19NO4/c15-12(9-2-1-5-18-9)14-11-8-4-3-7(6-8)10(11)13(16)17/h7-11H,1-6H2,(H,14,15)(H,16,17). The van der Waals surface area contributed by atoms with Gasteiger partial charge in [0.25, 0.3) is 0 Å². The van der Waals surface area contributed by atoms with Crippen molar-refractivity contribution < 1.29 is 19.4 Å². The molecule has 2 bridgehead atoms. The zero-order valence-electron chi connectivity index (χ0n) is 10.3. The van der Waals surface area contributed by atoms with Gasteiger partial charge < -0.3 is 15.2 Å². The molecule has 3 fully saturated rings. The Bertz CT molecular complexity index is 364. The molecule has 2 N–H and O–H groups in total. The van der Waals surface area contributed by atoms with Gasteiger partial charge in [0.05, 0.1) is 5.92 Å². The minimum atomic E-state index is -0.764. The number of hydrogen-bond donors (Lipinski definition) is 2. The van der Waals surface area contributed by atoms with Crippen LogP contribution in [-0.2, 0) is 14.3 Å². The molecular formula is C13H19NO4. The number of amides is 1. The predicted molar refractivity (Wildman–Crippen MR) is 62.9 cm³/mol. The molecule has 2 saturated carbocycles. The van der Waals surface area contributed by atoms with Gasteiger partial charge in [0.2, 0.25) is 5.91 Å². The van der Waals surface area contributed by atoms with Gasteiger partial charge in [-0.15, -0.1) is 0 Å². The minimum Gasteiger partial charge on any atom is -0.481 e. The van der Waals surface area contributed by atoms with E-state index in [1.54, 1.807) is 0 Å². The van der Waals surface area contributed by atoms with Crippen LogP contribution in [0.4, 0.5) is 0 Å². The molecule has 0 radical (unpaired) electrons. The largest absolute Gasteiger partial charge is 0.481 e. The number of carboxylic acids is 1. The van der Waals surface area contributed by atoms with E-state index in [1.807, 2.05) is 0 Å². The van der Waals surface area contributed by atoms with Crippen LogP contribution in [-0.4, -0.2) is 35.7 Å². The Kier molecular flexibility index (Phi) is 3.01. The van der Waals surface area contributed by atoms with Gasteiger partial charge in [-0.3, -0.25) is 9.59 Å². The van der Waals surface area contributed by atoms with Gasteiger partial charge in [-0.1, -0.05) is 0 Å². The summed E-state index contributed by atoms with van der Waals surface area (Å²) in [7, 11) is 0. The van der Waals surface area contributed by atoms with E-state index in [4.69, 9.17) is 4.74 Å². The fourth-order valence-electron chi connectivity index (χ4n) is 3.90. The SMILES string of the molecule is O=C(NC1C2CCC(C2)C1C(=O)O)C1CCCO1. The van der Waals surface area contributed by atoms with Crippen molar-refractivity contribution in [1.82, 2.24) is 5.32 Å². The third kappa shape index (κ3) is 1.90. The fraction of sp³-hybridized carbons (Fsp3) is 0.846. The van der Waals surface area contributed by atoms with E-state index in [-0.39, 0.29) is 24.0 Å². The quantitative estimate of drug-likeness (QED) is 0.779. The maximum absolute atomic E-state index is 12.0. The molecule has 5 atom stereocenters. The second kappa shape index (κ2) is 4.53. The van der Waals surface area contributed by atoms with Gasteiger partial charge >= 0.3 is 5.97 Å². The van der Waals surface area contributed by atoms with E-state index >= 15 is 0 Å². The van der Waals surface area contributed by atoms with Crippen LogP contribution in [0.3, 0.4) is 0 Å². The molecule has 0 aromatic heterocycles. The van der Waals surface area contributed by atoms with Gasteiger partial charge in [-0.05, 0) is 43.9 Å². The molecule has 5 heteroatoms. The number of rotatable bonds is 3. The molecule has 1 amide bonds. The fourth-order valence-corrected chi connectivity index (χ4v) is 3.90. The predicted octanol–water partition coefficient (Wildman–Crippen LogP) is 0.781. The normalized spacial score (nSPS) is 42.1. The summed E-state index contributed by atoms with van der Waals surface area (Å²) >= 11 is 0. The molecule has 18 heavy (non-hydrogen) atoms. The van der Waals surface area contributed by atoms with Crippen LogP contribution >= 0.6 is 0 Å². The summed E-state index contributed by atoms with van der Waals surface area (Å²) in [5, 5.41) is 12.2. The Morgan fingerprint density at radius 3 is 2.61 bits per heavy atom. The lowest BCUT2D eigenvalue weighted by molar-refractivity contribution is -0.145. The Morgan fingerprint density at radius 2 is 1.94 bits per heavy atom. The highest BCUT2D eigenvalue weighted by Crippen LogP contribution is 2.48. The first-order valence-electron chi connectivity index (χ1n) is 6.81. The van der Waals surface area contributed by atoms with Crippen molar-refractivity contribution >= 4 is 11.9 Å². The molecule has 2 aliphatic carbocycles. The number of carboxylic acid groups (broad SMARTS) is 1. The number of nitrogens with one attached hydrogen (secondary N) is 1. The van der Waals surface area contributed by atoms with Gasteiger partial charge in [0.15, 0.2) is 0 Å². The van der Waals surface area contributed by atoms with Crippen LogP contribution < -0.4 is 5.32 Å². The summed E-state index contributed by atoms with van der Waals surface area (Å²) in [6, 6.07) is -0.182. The van der Waals surface area contributed by atoms with Crippen molar-refractivity contribution in [2.45, 2.75) is 44.2 Å². The molecule has 3 rings (SSSR count). The van der Waals surface area contributed by atoms with Crippen LogP contribution in [0, 0.1) is 17.8 Å². The summed E-state index contributed by atoms with van der Waals surface area (Å²) in [5.74, 6) is -0.672. The van der Waals surface area contributed by atoms with E-state index in [0.717, 1.165) is 32.1 Å². The molecule has 1 heterocycles. The second-order valence-electron chi connectivity index (χ2n) is 5.73. The molecule has 0 aromatic rings. The van der Waals surface area contributed by atoms with Gasteiger partial charge in [-0.2, -0.15) is 0 Å². The van der Waals surface area contributed by atoms with Crippen molar-refractivity contribution in [1.29, 1.82) is 0 Å². The summed E-state index contributed by atoms with van der Waals surface area (Å²) in [6.45, 7) is 0.636. The Labute approximate surface area is 106 Å². The smallest absolute Gasteiger partial charge is 0.308 e. The van der Waals surface area contributed by atoms with Crippen molar-refractivity contribution in [2.24, 2.45) is 17.8 Å². The lowest BCUT2D eigenvalue weighted by Crippen LogP contribution is -2.49. The lowest BCUT2D eigenvalue weighted by atomic mass is 9.84. The topological polar surface area (TPSA) is 75.6 Å². The van der Waals surface area contributed by atoms with Crippen molar-refractivity contribution in [2.75, 3.05) is 6.61 Å². The van der Waals surface area contributed by atoms with Crippen molar-refractivity contribution in [3.63, 3.8) is 0 Å². The average Bonchev–Trinajstić information content (AvgIpc) is 3.05. The highest BCUT2D eigenvalue weighted by molar-refractivity contribution is 5.82. The highest BCUT2D eigenvalue weighted by atomic mass is 16.5. The van der Waals surface area contributed by atoms with Crippen LogP contribution in [0.1, 0.15) is 32.1 Å². The van der Waals surface area contributed by atoms with Gasteiger partial charge in [-0.25, -0.2) is 0 Å². The zero-order chi connectivity index (χ0) is 12.7. The molecule has 0 spiro atoms. The van der Waals surface area contributed by atoms with Crippen molar-refractivity contribution in [3.8, 4) is 0 Å². The summed E-state index contributed by atoms with van der Waals surface area (Å²) < 4.78 is 5.34. The number of aliphatic carboxylic acids is 1. The first kappa shape index (κ1) is 12.0. The number of fused-ring (bicyclic) bond motifs is 2. The van der Waals surface area contributed by atoms with E-state index in [9.17, 15) is 14.7 Å². The maximum Gasteiger partial charge on any atom is 0.308 e. The third-order valence-electron chi connectivity index (χ3n) is 4.73. The van der Waals surface area contributed by atoms with E-state index < -0.39 is 11.9 Å². The van der Waals surface area contributed by atoms with Crippen LogP contribution in [0.25, 0.3) is 0 Å². The molecule has 5 unspecified atom stereocenters. The van der Waals surface area contributed by atoms with E-state index in [2.05, 4.69) is 5.32 Å². The third-order valence-corrected chi connectivity index (χ3v) is 4.73. The van der Waals surface area contributed by atoms with Crippen LogP contribution in [0.15, 0.2) is 0 Å². The molecule has 5 nitrogen and oxygen atoms in total.